The van der Waals surface area contributed by atoms with Crippen LogP contribution in [0.2, 0.25) is 0 Å². The maximum absolute atomic E-state index is 12.5. The van der Waals surface area contributed by atoms with Gasteiger partial charge in [-0.15, -0.1) is 0 Å². The molecule has 0 aromatic carbocycles. The Bertz CT molecular complexity index is 412. The summed E-state index contributed by atoms with van der Waals surface area (Å²) < 4.78 is 10.1. The van der Waals surface area contributed by atoms with Crippen LogP contribution in [0.3, 0.4) is 0 Å². The van der Waals surface area contributed by atoms with E-state index in [1.165, 1.54) is 0 Å². The van der Waals surface area contributed by atoms with Crippen LogP contribution in [-0.4, -0.2) is 55.8 Å². The van der Waals surface area contributed by atoms with Crippen molar-refractivity contribution in [2.75, 3.05) is 39.7 Å². The lowest BCUT2D eigenvalue weighted by Gasteiger charge is -2.29. The van der Waals surface area contributed by atoms with E-state index in [0.29, 0.717) is 25.3 Å². The van der Waals surface area contributed by atoms with E-state index in [-0.39, 0.29) is 17.8 Å². The van der Waals surface area contributed by atoms with Crippen LogP contribution in [0.15, 0.2) is 18.3 Å². The quantitative estimate of drug-likeness (QED) is 0.790. The van der Waals surface area contributed by atoms with Gasteiger partial charge in [-0.05, 0) is 19.1 Å². The molecule has 2 N–H and O–H groups in total. The van der Waals surface area contributed by atoms with Crippen molar-refractivity contribution in [2.45, 2.75) is 13.0 Å². The summed E-state index contributed by atoms with van der Waals surface area (Å²) in [4.78, 5) is 18.1. The molecule has 19 heavy (non-hydrogen) atoms. The molecule has 0 spiro atoms. The Balaban J connectivity index is 2.90. The third kappa shape index (κ3) is 4.18. The van der Waals surface area contributed by atoms with Gasteiger partial charge in [0.15, 0.2) is 0 Å². The van der Waals surface area contributed by atoms with Gasteiger partial charge < -0.3 is 20.1 Å². The molecule has 1 aromatic heterocycles. The number of hydrogen-bond acceptors (Lipinski definition) is 5. The normalized spacial score (nSPS) is 12.2. The molecule has 0 fully saturated rings. The van der Waals surface area contributed by atoms with Crippen molar-refractivity contribution in [3.63, 3.8) is 0 Å². The minimum absolute atomic E-state index is 0.0627. The number of anilines is 1. The molecule has 0 aliphatic carbocycles. The fourth-order valence-corrected chi connectivity index (χ4v) is 1.80. The molecule has 0 saturated carbocycles. The Kier molecular flexibility index (Phi) is 6.24. The molecule has 1 atom stereocenters. The minimum Gasteiger partial charge on any atom is -0.383 e. The average molecular weight is 267 g/mol. The predicted molar refractivity (Wildman–Crippen MR) is 72.9 cm³/mol. The van der Waals surface area contributed by atoms with Crippen LogP contribution in [0.1, 0.15) is 17.3 Å². The number of ether oxygens (including phenoxy) is 2. The summed E-state index contributed by atoms with van der Waals surface area (Å²) in [5.74, 6) is 0.0757. The topological polar surface area (TPSA) is 77.7 Å². The number of hydrogen-bond donors (Lipinski definition) is 1. The van der Waals surface area contributed by atoms with Crippen LogP contribution in [0.5, 0.6) is 0 Å². The second kappa shape index (κ2) is 7.70. The van der Waals surface area contributed by atoms with Crippen molar-refractivity contribution in [2.24, 2.45) is 0 Å². The van der Waals surface area contributed by atoms with E-state index >= 15 is 0 Å². The van der Waals surface area contributed by atoms with Crippen molar-refractivity contribution in [3.05, 3.63) is 23.9 Å². The highest BCUT2D eigenvalue weighted by atomic mass is 16.5. The molecule has 6 heteroatoms. The van der Waals surface area contributed by atoms with Crippen molar-refractivity contribution >= 4 is 11.7 Å². The van der Waals surface area contributed by atoms with Gasteiger partial charge in [0.25, 0.3) is 5.91 Å². The molecular weight excluding hydrogens is 246 g/mol. The van der Waals surface area contributed by atoms with Gasteiger partial charge in [0.2, 0.25) is 0 Å². The lowest BCUT2D eigenvalue weighted by Crippen LogP contribution is -2.43. The van der Waals surface area contributed by atoms with Gasteiger partial charge in [-0.25, -0.2) is 4.98 Å². The molecule has 0 radical (unpaired) electrons. The number of aromatic nitrogens is 1. The van der Waals surface area contributed by atoms with E-state index < -0.39 is 0 Å². The van der Waals surface area contributed by atoms with Gasteiger partial charge >= 0.3 is 0 Å². The number of carbonyl (C=O) groups excluding carboxylic acids is 1. The second-order valence-electron chi connectivity index (χ2n) is 4.23. The molecule has 0 aliphatic rings. The SMILES string of the molecule is COCCN(C(=O)c1cccnc1N)C(C)COC. The fourth-order valence-electron chi connectivity index (χ4n) is 1.80. The fraction of sp³-hybridized carbons (Fsp3) is 0.538. The van der Waals surface area contributed by atoms with Gasteiger partial charge in [0, 0.05) is 27.0 Å². The number of nitrogens with two attached hydrogens (primary N) is 1. The van der Waals surface area contributed by atoms with Gasteiger partial charge in [0.05, 0.1) is 24.8 Å². The highest BCUT2D eigenvalue weighted by Crippen LogP contribution is 2.13. The van der Waals surface area contributed by atoms with Crippen LogP contribution in [0.25, 0.3) is 0 Å². The lowest BCUT2D eigenvalue weighted by molar-refractivity contribution is 0.0480. The maximum Gasteiger partial charge on any atom is 0.257 e. The third-order valence-electron chi connectivity index (χ3n) is 2.81. The molecule has 0 bridgehead atoms. The molecular formula is C13H21N3O3. The van der Waals surface area contributed by atoms with E-state index in [1.807, 2.05) is 6.92 Å². The Morgan fingerprint density at radius 2 is 2.21 bits per heavy atom. The van der Waals surface area contributed by atoms with E-state index in [2.05, 4.69) is 4.98 Å². The average Bonchev–Trinajstić information content (AvgIpc) is 2.39. The number of methoxy groups -OCH3 is 2. The van der Waals surface area contributed by atoms with Crippen molar-refractivity contribution in [1.82, 2.24) is 9.88 Å². The second-order valence-corrected chi connectivity index (χ2v) is 4.23. The third-order valence-corrected chi connectivity index (χ3v) is 2.81. The standard InChI is InChI=1S/C13H21N3O3/c1-10(9-19-3)16(7-8-18-2)13(17)11-5-4-6-15-12(11)14/h4-6,10H,7-9H2,1-3H3,(H2,14,15). The monoisotopic (exact) mass is 267 g/mol. The Morgan fingerprint density at radius 3 is 2.79 bits per heavy atom. The molecule has 1 heterocycles. The lowest BCUT2D eigenvalue weighted by atomic mass is 10.2. The van der Waals surface area contributed by atoms with Crippen molar-refractivity contribution < 1.29 is 14.3 Å². The molecule has 0 saturated heterocycles. The van der Waals surface area contributed by atoms with E-state index in [4.69, 9.17) is 15.2 Å². The smallest absolute Gasteiger partial charge is 0.257 e. The molecule has 6 nitrogen and oxygen atoms in total. The van der Waals surface area contributed by atoms with Gasteiger partial charge in [-0.3, -0.25) is 4.79 Å². The van der Waals surface area contributed by atoms with Crippen LogP contribution in [-0.2, 0) is 9.47 Å². The number of amides is 1. The zero-order chi connectivity index (χ0) is 14.3. The van der Waals surface area contributed by atoms with Gasteiger partial charge in [-0.2, -0.15) is 0 Å². The summed E-state index contributed by atoms with van der Waals surface area (Å²) in [6, 6.07) is 3.30. The number of nitrogen functional groups attached to an aromatic ring is 1. The Morgan fingerprint density at radius 1 is 1.47 bits per heavy atom. The maximum atomic E-state index is 12.5. The van der Waals surface area contributed by atoms with Crippen LogP contribution < -0.4 is 5.73 Å². The zero-order valence-corrected chi connectivity index (χ0v) is 11.6. The van der Waals surface area contributed by atoms with Crippen LogP contribution in [0.4, 0.5) is 5.82 Å². The first-order valence-corrected chi connectivity index (χ1v) is 6.11. The van der Waals surface area contributed by atoms with Crippen molar-refractivity contribution in [1.29, 1.82) is 0 Å². The molecule has 1 aromatic rings. The number of nitrogens with zero attached hydrogens (tertiary/aromatic N) is 2. The molecule has 1 rings (SSSR count). The van der Waals surface area contributed by atoms with E-state index in [9.17, 15) is 4.79 Å². The summed E-state index contributed by atoms with van der Waals surface area (Å²) >= 11 is 0. The van der Waals surface area contributed by atoms with Crippen molar-refractivity contribution in [3.8, 4) is 0 Å². The highest BCUT2D eigenvalue weighted by molar-refractivity contribution is 5.98. The van der Waals surface area contributed by atoms with E-state index in [1.54, 1.807) is 37.4 Å². The Labute approximate surface area is 113 Å². The molecule has 0 aliphatic heterocycles. The molecule has 106 valence electrons. The number of rotatable bonds is 7. The first-order valence-electron chi connectivity index (χ1n) is 6.11. The number of carbonyl (C=O) groups is 1. The predicted octanol–water partition coefficient (Wildman–Crippen LogP) is 0.787. The van der Waals surface area contributed by atoms with Crippen LogP contribution in [0, 0.1) is 0 Å². The van der Waals surface area contributed by atoms with E-state index in [0.717, 1.165) is 0 Å². The first kappa shape index (κ1) is 15.4. The highest BCUT2D eigenvalue weighted by Gasteiger charge is 2.23. The summed E-state index contributed by atoms with van der Waals surface area (Å²) in [6.07, 6.45) is 1.56. The molecule has 1 unspecified atom stereocenters. The van der Waals surface area contributed by atoms with Crippen LogP contribution >= 0.6 is 0 Å². The number of pyridine rings is 1. The minimum atomic E-state index is -0.160. The summed E-state index contributed by atoms with van der Waals surface area (Å²) in [7, 11) is 3.20. The van der Waals surface area contributed by atoms with Gasteiger partial charge in [0.1, 0.15) is 5.82 Å². The summed E-state index contributed by atoms with van der Waals surface area (Å²) in [5, 5.41) is 0. The Hall–Kier alpha value is -1.66. The molecule has 1 amide bonds. The largest absolute Gasteiger partial charge is 0.383 e. The first-order chi connectivity index (χ1) is 9.11. The summed E-state index contributed by atoms with van der Waals surface area (Å²) in [5.41, 5.74) is 6.15. The van der Waals surface area contributed by atoms with Gasteiger partial charge in [-0.1, -0.05) is 0 Å². The zero-order valence-electron chi connectivity index (χ0n) is 11.6. The summed E-state index contributed by atoms with van der Waals surface area (Å²) in [6.45, 7) is 3.31.